The third-order valence-corrected chi connectivity index (χ3v) is 7.44. The van der Waals surface area contributed by atoms with E-state index in [2.05, 4.69) is 57.6 Å². The lowest BCUT2D eigenvalue weighted by atomic mass is 9.88. The molecule has 1 nitrogen and oxygen atoms in total. The Bertz CT molecular complexity index is 372. The van der Waals surface area contributed by atoms with Gasteiger partial charge in [0.15, 0.2) is 0 Å². The average Bonchev–Trinajstić information content (AvgIpc) is 2.83. The predicted molar refractivity (Wildman–Crippen MR) is 87.8 cm³/mol. The molecule has 0 aliphatic heterocycles. The Balaban J connectivity index is 1.92. The molecule has 0 aromatic carbocycles. The second kappa shape index (κ2) is 6.78. The summed E-state index contributed by atoms with van der Waals surface area (Å²) in [5.74, 6) is 0. The van der Waals surface area contributed by atoms with Crippen LogP contribution >= 0.6 is 39.0 Å². The molecule has 1 aliphatic carbocycles. The molecule has 0 radical (unpaired) electrons. The van der Waals surface area contributed by atoms with E-state index in [0.717, 1.165) is 6.54 Å². The smallest absolute Gasteiger partial charge is 0.0397 e. The average molecular weight is 348 g/mol. The lowest BCUT2D eigenvalue weighted by Crippen LogP contribution is -2.40. The zero-order valence-corrected chi connectivity index (χ0v) is 14.4. The van der Waals surface area contributed by atoms with Crippen molar-refractivity contribution < 1.29 is 0 Å². The first-order chi connectivity index (χ1) is 8.67. The van der Waals surface area contributed by atoms with E-state index in [0.29, 0.717) is 10.8 Å². The third kappa shape index (κ3) is 3.53. The minimum Gasteiger partial charge on any atom is -0.308 e. The lowest BCUT2D eigenvalue weighted by Gasteiger charge is -2.37. The Morgan fingerprint density at radius 3 is 2.72 bits per heavy atom. The monoisotopic (exact) mass is 347 g/mol. The summed E-state index contributed by atoms with van der Waals surface area (Å²) >= 11 is 7.53. The van der Waals surface area contributed by atoms with Crippen LogP contribution in [0.15, 0.2) is 15.9 Å². The fourth-order valence-corrected chi connectivity index (χ4v) is 5.37. The molecule has 1 aromatic rings. The minimum atomic E-state index is 0.449. The maximum Gasteiger partial charge on any atom is 0.0397 e. The molecule has 0 amide bonds. The van der Waals surface area contributed by atoms with Crippen molar-refractivity contribution in [2.24, 2.45) is 0 Å². The number of thiophene rings is 1. The van der Waals surface area contributed by atoms with Crippen LogP contribution in [0.5, 0.6) is 0 Å². The van der Waals surface area contributed by atoms with E-state index >= 15 is 0 Å². The number of rotatable bonds is 5. The summed E-state index contributed by atoms with van der Waals surface area (Å²) < 4.78 is 1.73. The van der Waals surface area contributed by atoms with Crippen LogP contribution in [0, 0.1) is 0 Å². The van der Waals surface area contributed by atoms with E-state index in [1.54, 1.807) is 0 Å². The van der Waals surface area contributed by atoms with Crippen LogP contribution in [-0.4, -0.2) is 17.5 Å². The van der Waals surface area contributed by atoms with Crippen molar-refractivity contribution in [3.8, 4) is 0 Å². The van der Waals surface area contributed by atoms with Gasteiger partial charge in [0.2, 0.25) is 0 Å². The number of halogens is 1. The van der Waals surface area contributed by atoms with E-state index < -0.39 is 0 Å². The molecular formula is C14H22BrNS2. The topological polar surface area (TPSA) is 12.0 Å². The first-order valence-electron chi connectivity index (χ1n) is 6.68. The Morgan fingerprint density at radius 1 is 1.44 bits per heavy atom. The summed E-state index contributed by atoms with van der Waals surface area (Å²) in [6.07, 6.45) is 9.26. The molecule has 1 saturated carbocycles. The van der Waals surface area contributed by atoms with Gasteiger partial charge in [-0.3, -0.25) is 0 Å². The minimum absolute atomic E-state index is 0.449. The standard InChI is InChI=1S/C14H22BrNS2/c1-11(13-12(15)6-9-18-13)16-10-14(17-2)7-4-3-5-8-14/h6,9,11,16H,3-5,7-8,10H2,1-2H3. The summed E-state index contributed by atoms with van der Waals surface area (Å²) in [6, 6.07) is 2.59. The molecule has 1 heterocycles. The van der Waals surface area contributed by atoms with Crippen molar-refractivity contribution in [1.82, 2.24) is 5.32 Å². The van der Waals surface area contributed by atoms with Crippen molar-refractivity contribution in [3.63, 3.8) is 0 Å². The zero-order chi connectivity index (χ0) is 13.0. The quantitative estimate of drug-likeness (QED) is 0.782. The molecule has 2 rings (SSSR count). The Labute approximate surface area is 127 Å². The van der Waals surface area contributed by atoms with Crippen LogP contribution in [0.1, 0.15) is 49.9 Å². The van der Waals surface area contributed by atoms with Crippen molar-refractivity contribution in [2.45, 2.75) is 49.8 Å². The molecule has 1 unspecified atom stereocenters. The maximum absolute atomic E-state index is 3.75. The Kier molecular flexibility index (Phi) is 5.61. The van der Waals surface area contributed by atoms with E-state index in [9.17, 15) is 0 Å². The molecule has 1 atom stereocenters. The highest BCUT2D eigenvalue weighted by Crippen LogP contribution is 2.38. The van der Waals surface area contributed by atoms with Gasteiger partial charge < -0.3 is 5.32 Å². The summed E-state index contributed by atoms with van der Waals surface area (Å²) in [6.45, 7) is 3.41. The first kappa shape index (κ1) is 14.9. The highest BCUT2D eigenvalue weighted by Gasteiger charge is 2.31. The SMILES string of the molecule is CSC1(CNC(C)c2sccc2Br)CCCCC1. The van der Waals surface area contributed by atoms with Crippen molar-refractivity contribution in [1.29, 1.82) is 0 Å². The molecule has 0 saturated heterocycles. The van der Waals surface area contributed by atoms with Gasteiger partial charge in [-0.05, 0) is 53.4 Å². The van der Waals surface area contributed by atoms with Crippen LogP contribution in [-0.2, 0) is 0 Å². The predicted octanol–water partition coefficient (Wildman–Crippen LogP) is 5.23. The first-order valence-corrected chi connectivity index (χ1v) is 9.58. The summed E-state index contributed by atoms with van der Waals surface area (Å²) in [5, 5.41) is 5.90. The second-order valence-corrected chi connectivity index (χ2v) is 8.26. The lowest BCUT2D eigenvalue weighted by molar-refractivity contribution is 0.368. The van der Waals surface area contributed by atoms with Gasteiger partial charge in [0, 0.05) is 26.7 Å². The fourth-order valence-electron chi connectivity index (χ4n) is 2.70. The van der Waals surface area contributed by atoms with Gasteiger partial charge in [-0.2, -0.15) is 11.8 Å². The van der Waals surface area contributed by atoms with Gasteiger partial charge in [-0.1, -0.05) is 19.3 Å². The third-order valence-electron chi connectivity index (χ3n) is 3.97. The summed E-state index contributed by atoms with van der Waals surface area (Å²) in [4.78, 5) is 1.42. The van der Waals surface area contributed by atoms with Gasteiger partial charge in [-0.15, -0.1) is 11.3 Å². The van der Waals surface area contributed by atoms with Crippen LogP contribution in [0.2, 0.25) is 0 Å². The molecular weight excluding hydrogens is 326 g/mol. The van der Waals surface area contributed by atoms with E-state index in [4.69, 9.17) is 0 Å². The van der Waals surface area contributed by atoms with Gasteiger partial charge in [0.25, 0.3) is 0 Å². The van der Waals surface area contributed by atoms with Gasteiger partial charge in [0.1, 0.15) is 0 Å². The molecule has 102 valence electrons. The Morgan fingerprint density at radius 2 is 2.17 bits per heavy atom. The maximum atomic E-state index is 3.75. The molecule has 18 heavy (non-hydrogen) atoms. The van der Waals surface area contributed by atoms with Gasteiger partial charge in [-0.25, -0.2) is 0 Å². The summed E-state index contributed by atoms with van der Waals surface area (Å²) in [7, 11) is 0. The van der Waals surface area contributed by atoms with Crippen LogP contribution in [0.3, 0.4) is 0 Å². The molecule has 1 aliphatic rings. The molecule has 1 N–H and O–H groups in total. The van der Waals surface area contributed by atoms with E-state index in [1.807, 2.05) is 11.3 Å². The molecule has 0 spiro atoms. The van der Waals surface area contributed by atoms with Crippen LogP contribution in [0.25, 0.3) is 0 Å². The highest BCUT2D eigenvalue weighted by atomic mass is 79.9. The van der Waals surface area contributed by atoms with Crippen LogP contribution in [0.4, 0.5) is 0 Å². The van der Waals surface area contributed by atoms with Crippen LogP contribution < -0.4 is 5.32 Å². The van der Waals surface area contributed by atoms with Gasteiger partial charge >= 0.3 is 0 Å². The Hall–Kier alpha value is 0.490. The van der Waals surface area contributed by atoms with Crippen molar-refractivity contribution in [3.05, 3.63) is 20.8 Å². The fraction of sp³-hybridized carbons (Fsp3) is 0.714. The number of nitrogens with one attached hydrogen (secondary N) is 1. The molecule has 1 aromatic heterocycles. The van der Waals surface area contributed by atoms with E-state index in [1.165, 1.54) is 41.5 Å². The normalized spacial score (nSPS) is 20.8. The van der Waals surface area contributed by atoms with E-state index in [-0.39, 0.29) is 0 Å². The number of thioether (sulfide) groups is 1. The highest BCUT2D eigenvalue weighted by molar-refractivity contribution is 9.10. The van der Waals surface area contributed by atoms with Gasteiger partial charge in [0.05, 0.1) is 0 Å². The van der Waals surface area contributed by atoms with Crippen molar-refractivity contribution in [2.75, 3.05) is 12.8 Å². The zero-order valence-electron chi connectivity index (χ0n) is 11.2. The summed E-state index contributed by atoms with van der Waals surface area (Å²) in [5.41, 5.74) is 0. The van der Waals surface area contributed by atoms with Crippen molar-refractivity contribution >= 4 is 39.0 Å². The molecule has 1 fully saturated rings. The molecule has 4 heteroatoms. The molecule has 0 bridgehead atoms. The largest absolute Gasteiger partial charge is 0.308 e. The second-order valence-electron chi connectivity index (χ2n) is 5.18. The number of hydrogen-bond acceptors (Lipinski definition) is 3. The number of hydrogen-bond donors (Lipinski definition) is 1.